The Labute approximate surface area is 131 Å². The van der Waals surface area contributed by atoms with Crippen LogP contribution in [0.25, 0.3) is 0 Å². The fourth-order valence-corrected chi connectivity index (χ4v) is 3.04. The zero-order valence-electron chi connectivity index (χ0n) is 13.2. The van der Waals surface area contributed by atoms with Crippen LogP contribution in [0.5, 0.6) is 0 Å². The zero-order chi connectivity index (χ0) is 15.4. The normalized spacial score (nSPS) is 23.0. The first-order chi connectivity index (χ1) is 10.8. The average Bonchev–Trinajstić information content (AvgIpc) is 3.08. The van der Waals surface area contributed by atoms with Gasteiger partial charge in [-0.3, -0.25) is 9.69 Å². The van der Waals surface area contributed by atoms with Gasteiger partial charge < -0.3 is 9.64 Å². The van der Waals surface area contributed by atoms with Crippen LogP contribution < -0.4 is 0 Å². The van der Waals surface area contributed by atoms with E-state index in [4.69, 9.17) is 4.74 Å². The number of nitrogens with zero attached hydrogens (tertiary/aromatic N) is 4. The van der Waals surface area contributed by atoms with Crippen molar-refractivity contribution in [3.8, 4) is 0 Å². The fraction of sp³-hybridized carbons (Fsp3) is 0.688. The molecule has 2 aliphatic heterocycles. The zero-order valence-corrected chi connectivity index (χ0v) is 13.2. The molecule has 2 aliphatic rings. The maximum absolute atomic E-state index is 12.5. The number of ether oxygens (including phenoxy) is 1. The Morgan fingerprint density at radius 2 is 2.00 bits per heavy atom. The SMILES string of the molecule is CCc1ncc(C(=O)N2CCN(CC3CCCO3)CC2)cn1. The summed E-state index contributed by atoms with van der Waals surface area (Å²) in [6, 6.07) is 0. The molecule has 0 aliphatic carbocycles. The molecule has 0 saturated carbocycles. The number of carbonyl (C=O) groups is 1. The molecule has 0 aromatic carbocycles. The number of hydrogen-bond donors (Lipinski definition) is 0. The minimum atomic E-state index is 0.0411. The first kappa shape index (κ1) is 15.4. The lowest BCUT2D eigenvalue weighted by molar-refractivity contribution is 0.0432. The van der Waals surface area contributed by atoms with E-state index < -0.39 is 0 Å². The second kappa shape index (κ2) is 7.15. The van der Waals surface area contributed by atoms with Crippen molar-refractivity contribution in [3.05, 3.63) is 23.8 Å². The molecule has 1 aromatic rings. The molecule has 6 nitrogen and oxygen atoms in total. The van der Waals surface area contributed by atoms with Crippen molar-refractivity contribution in [2.75, 3.05) is 39.3 Å². The molecule has 0 spiro atoms. The second-order valence-electron chi connectivity index (χ2n) is 5.97. The number of rotatable bonds is 4. The number of amides is 1. The molecule has 120 valence electrons. The van der Waals surface area contributed by atoms with Crippen LogP contribution in [0, 0.1) is 0 Å². The van der Waals surface area contributed by atoms with E-state index in [1.807, 2.05) is 11.8 Å². The molecule has 2 fully saturated rings. The number of hydrogen-bond acceptors (Lipinski definition) is 5. The number of aryl methyl sites for hydroxylation is 1. The molecule has 22 heavy (non-hydrogen) atoms. The quantitative estimate of drug-likeness (QED) is 0.830. The molecule has 3 rings (SSSR count). The van der Waals surface area contributed by atoms with E-state index in [1.165, 1.54) is 12.8 Å². The summed E-state index contributed by atoms with van der Waals surface area (Å²) < 4.78 is 5.68. The van der Waals surface area contributed by atoms with E-state index in [-0.39, 0.29) is 5.91 Å². The minimum absolute atomic E-state index is 0.0411. The van der Waals surface area contributed by atoms with Gasteiger partial charge in [0.2, 0.25) is 0 Å². The molecule has 1 unspecified atom stereocenters. The molecule has 0 N–H and O–H groups in total. The standard InChI is InChI=1S/C16H24N4O2/c1-2-15-17-10-13(11-18-15)16(21)20-7-5-19(6-8-20)12-14-4-3-9-22-14/h10-11,14H,2-9,12H2,1H3. The molecule has 1 amide bonds. The van der Waals surface area contributed by atoms with Gasteiger partial charge in [-0.1, -0.05) is 6.92 Å². The summed E-state index contributed by atoms with van der Waals surface area (Å²) >= 11 is 0. The van der Waals surface area contributed by atoms with Crippen molar-refractivity contribution >= 4 is 5.91 Å². The van der Waals surface area contributed by atoms with Gasteiger partial charge in [0.05, 0.1) is 11.7 Å². The van der Waals surface area contributed by atoms with Gasteiger partial charge >= 0.3 is 0 Å². The fourth-order valence-electron chi connectivity index (χ4n) is 3.04. The Kier molecular flexibility index (Phi) is 5.00. The lowest BCUT2D eigenvalue weighted by atomic mass is 10.2. The van der Waals surface area contributed by atoms with Crippen molar-refractivity contribution in [1.29, 1.82) is 0 Å². The van der Waals surface area contributed by atoms with Gasteiger partial charge in [-0.2, -0.15) is 0 Å². The first-order valence-corrected chi connectivity index (χ1v) is 8.20. The van der Waals surface area contributed by atoms with Crippen LogP contribution in [0.15, 0.2) is 12.4 Å². The Morgan fingerprint density at radius 1 is 1.27 bits per heavy atom. The summed E-state index contributed by atoms with van der Waals surface area (Å²) in [7, 11) is 0. The summed E-state index contributed by atoms with van der Waals surface area (Å²) in [6.45, 7) is 7.26. The van der Waals surface area contributed by atoms with Crippen LogP contribution in [0.4, 0.5) is 0 Å². The van der Waals surface area contributed by atoms with Gasteiger partial charge in [0.1, 0.15) is 5.82 Å². The highest BCUT2D eigenvalue weighted by Gasteiger charge is 2.25. The van der Waals surface area contributed by atoms with Gasteiger partial charge in [-0.05, 0) is 12.8 Å². The van der Waals surface area contributed by atoms with E-state index in [9.17, 15) is 4.79 Å². The predicted molar refractivity (Wildman–Crippen MR) is 82.7 cm³/mol. The van der Waals surface area contributed by atoms with Crippen LogP contribution in [-0.4, -0.2) is 71.1 Å². The maximum atomic E-state index is 12.5. The molecule has 2 saturated heterocycles. The highest BCUT2D eigenvalue weighted by molar-refractivity contribution is 5.93. The van der Waals surface area contributed by atoms with Gasteiger partial charge in [0.25, 0.3) is 5.91 Å². The van der Waals surface area contributed by atoms with Gasteiger partial charge in [0, 0.05) is 58.1 Å². The summed E-state index contributed by atoms with van der Waals surface area (Å²) in [6.07, 6.45) is 6.81. The largest absolute Gasteiger partial charge is 0.377 e. The van der Waals surface area contributed by atoms with Gasteiger partial charge in [-0.15, -0.1) is 0 Å². The smallest absolute Gasteiger partial charge is 0.257 e. The van der Waals surface area contributed by atoms with Crippen LogP contribution in [0.2, 0.25) is 0 Å². The Balaban J connectivity index is 1.50. The number of carbonyl (C=O) groups excluding carboxylic acids is 1. The Hall–Kier alpha value is -1.53. The van der Waals surface area contributed by atoms with Crippen molar-refractivity contribution < 1.29 is 9.53 Å². The third kappa shape index (κ3) is 3.62. The Morgan fingerprint density at radius 3 is 2.59 bits per heavy atom. The Bertz CT molecular complexity index is 491. The third-order valence-corrected chi connectivity index (χ3v) is 4.41. The average molecular weight is 304 g/mol. The van der Waals surface area contributed by atoms with E-state index in [1.54, 1.807) is 12.4 Å². The summed E-state index contributed by atoms with van der Waals surface area (Å²) in [5.41, 5.74) is 0.588. The van der Waals surface area contributed by atoms with Crippen molar-refractivity contribution in [3.63, 3.8) is 0 Å². The van der Waals surface area contributed by atoms with Crippen molar-refractivity contribution in [2.24, 2.45) is 0 Å². The predicted octanol–water partition coefficient (Wildman–Crippen LogP) is 0.976. The molecular formula is C16H24N4O2. The first-order valence-electron chi connectivity index (χ1n) is 8.20. The van der Waals surface area contributed by atoms with E-state index >= 15 is 0 Å². The monoisotopic (exact) mass is 304 g/mol. The maximum Gasteiger partial charge on any atom is 0.257 e. The summed E-state index contributed by atoms with van der Waals surface area (Å²) in [4.78, 5) is 25.2. The van der Waals surface area contributed by atoms with Gasteiger partial charge in [0.15, 0.2) is 0 Å². The summed E-state index contributed by atoms with van der Waals surface area (Å²) in [5, 5.41) is 0. The number of aromatic nitrogens is 2. The number of piperazine rings is 1. The highest BCUT2D eigenvalue weighted by atomic mass is 16.5. The lowest BCUT2D eigenvalue weighted by Gasteiger charge is -2.35. The van der Waals surface area contributed by atoms with E-state index in [0.717, 1.165) is 51.6 Å². The molecule has 0 bridgehead atoms. The van der Waals surface area contributed by atoms with E-state index in [0.29, 0.717) is 11.7 Å². The third-order valence-electron chi connectivity index (χ3n) is 4.41. The summed E-state index contributed by atoms with van der Waals surface area (Å²) in [5.74, 6) is 0.817. The molecule has 1 aromatic heterocycles. The van der Waals surface area contributed by atoms with Crippen LogP contribution in [0.3, 0.4) is 0 Å². The van der Waals surface area contributed by atoms with Crippen LogP contribution in [-0.2, 0) is 11.2 Å². The van der Waals surface area contributed by atoms with Crippen LogP contribution >= 0.6 is 0 Å². The minimum Gasteiger partial charge on any atom is -0.377 e. The van der Waals surface area contributed by atoms with E-state index in [2.05, 4.69) is 14.9 Å². The second-order valence-corrected chi connectivity index (χ2v) is 5.97. The molecule has 1 atom stereocenters. The van der Waals surface area contributed by atoms with Gasteiger partial charge in [-0.25, -0.2) is 9.97 Å². The van der Waals surface area contributed by atoms with Crippen molar-refractivity contribution in [1.82, 2.24) is 19.8 Å². The molecule has 6 heteroatoms. The molecule has 3 heterocycles. The van der Waals surface area contributed by atoms with Crippen LogP contribution in [0.1, 0.15) is 35.9 Å². The highest BCUT2D eigenvalue weighted by Crippen LogP contribution is 2.15. The topological polar surface area (TPSA) is 58.6 Å². The lowest BCUT2D eigenvalue weighted by Crippen LogP contribution is -2.50. The molecule has 0 radical (unpaired) electrons. The van der Waals surface area contributed by atoms with Crippen molar-refractivity contribution in [2.45, 2.75) is 32.3 Å². The molecular weight excluding hydrogens is 280 g/mol.